The number of benzene rings is 2. The van der Waals surface area contributed by atoms with E-state index in [0.29, 0.717) is 53.7 Å². The molecule has 4 aromatic rings. The summed E-state index contributed by atoms with van der Waals surface area (Å²) >= 11 is 0. The second-order valence-electron chi connectivity index (χ2n) is 7.07. The molecule has 0 radical (unpaired) electrons. The van der Waals surface area contributed by atoms with Gasteiger partial charge in [-0.3, -0.25) is 0 Å². The summed E-state index contributed by atoms with van der Waals surface area (Å²) in [5.74, 6) is 1.24. The van der Waals surface area contributed by atoms with Crippen molar-refractivity contribution >= 4 is 23.0 Å². The van der Waals surface area contributed by atoms with Crippen molar-refractivity contribution in [1.29, 1.82) is 0 Å². The first-order valence-corrected chi connectivity index (χ1v) is 10.6. The van der Waals surface area contributed by atoms with Crippen LogP contribution in [0.3, 0.4) is 0 Å². The molecule has 0 spiro atoms. The highest BCUT2D eigenvalue weighted by atomic mass is 16.5. The molecule has 4 rings (SSSR count). The van der Waals surface area contributed by atoms with Gasteiger partial charge in [0.05, 0.1) is 35.4 Å². The number of imidazole rings is 1. The Morgan fingerprint density at radius 2 is 1.47 bits per heavy atom. The zero-order valence-corrected chi connectivity index (χ0v) is 18.3. The fourth-order valence-electron chi connectivity index (χ4n) is 3.58. The fraction of sp³-hybridized carbons (Fsp3) is 0.240. The monoisotopic (exact) mass is 432 g/mol. The Morgan fingerprint density at radius 1 is 0.844 bits per heavy atom. The highest BCUT2D eigenvalue weighted by Crippen LogP contribution is 2.31. The zero-order valence-electron chi connectivity index (χ0n) is 18.3. The van der Waals surface area contributed by atoms with Crippen LogP contribution in [0.15, 0.2) is 59.0 Å². The van der Waals surface area contributed by atoms with Crippen LogP contribution in [0.25, 0.3) is 33.9 Å². The predicted molar refractivity (Wildman–Crippen MR) is 120 cm³/mol. The summed E-state index contributed by atoms with van der Waals surface area (Å²) in [5, 5.41) is 0. The Kier molecular flexibility index (Phi) is 6.07. The van der Waals surface area contributed by atoms with Gasteiger partial charge in [0.2, 0.25) is 0 Å². The van der Waals surface area contributed by atoms with Crippen LogP contribution in [0, 0.1) is 0 Å². The fourth-order valence-corrected chi connectivity index (χ4v) is 3.58. The van der Waals surface area contributed by atoms with E-state index in [-0.39, 0.29) is 11.9 Å². The Bertz CT molecular complexity index is 1270. The third kappa shape index (κ3) is 4.01. The second-order valence-corrected chi connectivity index (χ2v) is 7.07. The SMILES string of the molecule is CCOC(=O)c1ccc(-c2ccc(-c3nc4cc(C(=O)OCC)ccc4n3CC)o2)cc1. The van der Waals surface area contributed by atoms with Crippen molar-refractivity contribution in [3.63, 3.8) is 0 Å². The van der Waals surface area contributed by atoms with Crippen molar-refractivity contribution in [3.8, 4) is 22.9 Å². The van der Waals surface area contributed by atoms with Crippen LogP contribution in [-0.4, -0.2) is 34.7 Å². The Morgan fingerprint density at radius 3 is 2.12 bits per heavy atom. The van der Waals surface area contributed by atoms with Crippen LogP contribution in [0.4, 0.5) is 0 Å². The number of nitrogens with zero attached hydrogens (tertiary/aromatic N) is 2. The van der Waals surface area contributed by atoms with Crippen molar-refractivity contribution in [3.05, 3.63) is 65.7 Å². The maximum atomic E-state index is 12.1. The topological polar surface area (TPSA) is 83.6 Å². The van der Waals surface area contributed by atoms with Gasteiger partial charge in [-0.25, -0.2) is 14.6 Å². The van der Waals surface area contributed by atoms with E-state index in [9.17, 15) is 9.59 Å². The van der Waals surface area contributed by atoms with Gasteiger partial charge in [0.1, 0.15) is 5.76 Å². The van der Waals surface area contributed by atoms with Gasteiger partial charge in [0.15, 0.2) is 11.6 Å². The van der Waals surface area contributed by atoms with Gasteiger partial charge < -0.3 is 18.5 Å². The summed E-state index contributed by atoms with van der Waals surface area (Å²) in [6.07, 6.45) is 0. The molecule has 0 fully saturated rings. The van der Waals surface area contributed by atoms with Crippen molar-refractivity contribution < 1.29 is 23.5 Å². The van der Waals surface area contributed by atoms with E-state index in [1.807, 2.05) is 41.8 Å². The molecule has 0 bridgehead atoms. The molecule has 0 saturated carbocycles. The number of aryl methyl sites for hydroxylation is 1. The minimum Gasteiger partial charge on any atom is -0.462 e. The number of rotatable bonds is 7. The third-order valence-corrected chi connectivity index (χ3v) is 5.08. The van der Waals surface area contributed by atoms with Crippen LogP contribution in [-0.2, 0) is 16.0 Å². The normalized spacial score (nSPS) is 11.0. The van der Waals surface area contributed by atoms with E-state index in [1.54, 1.807) is 38.1 Å². The molecule has 164 valence electrons. The summed E-state index contributed by atoms with van der Waals surface area (Å²) in [4.78, 5) is 28.7. The first-order valence-electron chi connectivity index (χ1n) is 10.6. The average Bonchev–Trinajstić information content (AvgIpc) is 3.43. The maximum absolute atomic E-state index is 12.1. The van der Waals surface area contributed by atoms with Crippen molar-refractivity contribution in [2.75, 3.05) is 13.2 Å². The highest BCUT2D eigenvalue weighted by molar-refractivity contribution is 5.94. The Balaban J connectivity index is 1.66. The number of esters is 2. The lowest BCUT2D eigenvalue weighted by Gasteiger charge is -2.05. The molecule has 0 saturated heterocycles. The molecule has 0 unspecified atom stereocenters. The van der Waals surface area contributed by atoms with Gasteiger partial charge in [0.25, 0.3) is 0 Å². The summed E-state index contributed by atoms with van der Waals surface area (Å²) in [5.41, 5.74) is 3.41. The van der Waals surface area contributed by atoms with Gasteiger partial charge in [-0.15, -0.1) is 0 Å². The minimum absolute atomic E-state index is 0.321. The van der Waals surface area contributed by atoms with Crippen molar-refractivity contribution in [2.45, 2.75) is 27.3 Å². The number of fused-ring (bicyclic) bond motifs is 1. The summed E-state index contributed by atoms with van der Waals surface area (Å²) < 4.78 is 18.3. The number of aromatic nitrogens is 2. The summed E-state index contributed by atoms with van der Waals surface area (Å²) in [6.45, 7) is 6.93. The highest BCUT2D eigenvalue weighted by Gasteiger charge is 2.18. The molecule has 2 aromatic carbocycles. The molecular formula is C25H24N2O5. The predicted octanol–water partition coefficient (Wildman–Crippen LogP) is 5.34. The molecule has 0 aliphatic carbocycles. The largest absolute Gasteiger partial charge is 0.462 e. The molecule has 7 heteroatoms. The van der Waals surface area contributed by atoms with E-state index >= 15 is 0 Å². The quantitative estimate of drug-likeness (QED) is 0.367. The number of carbonyl (C=O) groups is 2. The molecule has 0 amide bonds. The number of hydrogen-bond donors (Lipinski definition) is 0. The molecule has 2 heterocycles. The van der Waals surface area contributed by atoms with E-state index in [2.05, 4.69) is 0 Å². The first-order chi connectivity index (χ1) is 15.5. The molecule has 0 aliphatic rings. The standard InChI is InChI=1S/C25H24N2O5/c1-4-27-20-12-11-18(25(29)31-6-3)15-19(20)26-23(27)22-14-13-21(32-22)16-7-9-17(10-8-16)24(28)30-5-2/h7-15H,4-6H2,1-3H3. The zero-order chi connectivity index (χ0) is 22.7. The molecule has 0 atom stereocenters. The van der Waals surface area contributed by atoms with E-state index in [0.717, 1.165) is 11.1 Å². The van der Waals surface area contributed by atoms with E-state index < -0.39 is 0 Å². The molecule has 7 nitrogen and oxygen atoms in total. The number of carbonyl (C=O) groups excluding carboxylic acids is 2. The summed E-state index contributed by atoms with van der Waals surface area (Å²) in [7, 11) is 0. The Labute approximate surface area is 185 Å². The van der Waals surface area contributed by atoms with Crippen molar-refractivity contribution in [1.82, 2.24) is 9.55 Å². The smallest absolute Gasteiger partial charge is 0.338 e. The van der Waals surface area contributed by atoms with Crippen LogP contribution >= 0.6 is 0 Å². The lowest BCUT2D eigenvalue weighted by molar-refractivity contribution is 0.0517. The lowest BCUT2D eigenvalue weighted by atomic mass is 10.1. The maximum Gasteiger partial charge on any atom is 0.338 e. The van der Waals surface area contributed by atoms with E-state index in [4.69, 9.17) is 18.9 Å². The Hall–Kier alpha value is -3.87. The van der Waals surface area contributed by atoms with Gasteiger partial charge in [-0.1, -0.05) is 12.1 Å². The van der Waals surface area contributed by atoms with Gasteiger partial charge in [-0.2, -0.15) is 0 Å². The van der Waals surface area contributed by atoms with Crippen molar-refractivity contribution in [2.24, 2.45) is 0 Å². The van der Waals surface area contributed by atoms with Crippen LogP contribution < -0.4 is 0 Å². The van der Waals surface area contributed by atoms with Crippen LogP contribution in [0.1, 0.15) is 41.5 Å². The number of hydrogen-bond acceptors (Lipinski definition) is 6. The minimum atomic E-state index is -0.367. The summed E-state index contributed by atoms with van der Waals surface area (Å²) in [6, 6.07) is 16.2. The molecule has 0 N–H and O–H groups in total. The van der Waals surface area contributed by atoms with Gasteiger partial charge in [0, 0.05) is 12.1 Å². The molecular weight excluding hydrogens is 408 g/mol. The molecule has 2 aromatic heterocycles. The first kappa shape index (κ1) is 21.4. The average molecular weight is 432 g/mol. The van der Waals surface area contributed by atoms with Gasteiger partial charge in [-0.05, 0) is 63.2 Å². The second kappa shape index (κ2) is 9.09. The number of furan rings is 1. The number of ether oxygens (including phenoxy) is 2. The molecule has 0 aliphatic heterocycles. The van der Waals surface area contributed by atoms with Crippen LogP contribution in [0.5, 0.6) is 0 Å². The van der Waals surface area contributed by atoms with E-state index in [1.165, 1.54) is 0 Å². The van der Waals surface area contributed by atoms with Crippen LogP contribution in [0.2, 0.25) is 0 Å². The van der Waals surface area contributed by atoms with Gasteiger partial charge >= 0.3 is 11.9 Å². The lowest BCUT2D eigenvalue weighted by Crippen LogP contribution is -2.04. The molecule has 32 heavy (non-hydrogen) atoms. The third-order valence-electron chi connectivity index (χ3n) is 5.08.